The van der Waals surface area contributed by atoms with Crippen LogP contribution in [-0.4, -0.2) is 31.6 Å². The highest BCUT2D eigenvalue weighted by Gasteiger charge is 2.27. The number of benzene rings is 2. The van der Waals surface area contributed by atoms with Crippen LogP contribution in [0.3, 0.4) is 0 Å². The zero-order valence-electron chi connectivity index (χ0n) is 16.1. The minimum Gasteiger partial charge on any atom is -0.492 e. The van der Waals surface area contributed by atoms with Crippen LogP contribution in [0.2, 0.25) is 5.02 Å². The van der Waals surface area contributed by atoms with Gasteiger partial charge in [-0.2, -0.15) is 0 Å². The summed E-state index contributed by atoms with van der Waals surface area (Å²) in [5, 5.41) is 3.51. The maximum absolute atomic E-state index is 12.4. The summed E-state index contributed by atoms with van der Waals surface area (Å²) in [7, 11) is 0. The predicted octanol–water partition coefficient (Wildman–Crippen LogP) is 4.13. The monoisotopic (exact) mass is 402 g/mol. The number of anilines is 2. The Bertz CT molecular complexity index is 875. The van der Waals surface area contributed by atoms with Crippen molar-refractivity contribution in [2.24, 2.45) is 5.41 Å². The normalized spacial score (nSPS) is 13.6. The van der Waals surface area contributed by atoms with Gasteiger partial charge in [-0.05, 0) is 42.5 Å². The van der Waals surface area contributed by atoms with E-state index in [0.29, 0.717) is 41.0 Å². The highest BCUT2D eigenvalue weighted by molar-refractivity contribution is 6.30. The second-order valence-corrected chi connectivity index (χ2v) is 7.96. The predicted molar refractivity (Wildman–Crippen MR) is 109 cm³/mol. The number of halogens is 1. The number of hydrogen-bond donors (Lipinski definition) is 1. The molecule has 1 aliphatic heterocycles. The molecule has 0 aliphatic carbocycles. The third-order valence-corrected chi connectivity index (χ3v) is 4.49. The van der Waals surface area contributed by atoms with Gasteiger partial charge in [0.05, 0.1) is 12.2 Å². The molecule has 1 heterocycles. The average molecular weight is 403 g/mol. The molecule has 0 unspecified atom stereocenters. The van der Waals surface area contributed by atoms with Crippen molar-refractivity contribution in [3.8, 4) is 11.5 Å². The van der Waals surface area contributed by atoms with E-state index in [2.05, 4.69) is 5.32 Å². The van der Waals surface area contributed by atoms with Crippen molar-refractivity contribution in [3.63, 3.8) is 0 Å². The molecule has 0 saturated heterocycles. The Kier molecular flexibility index (Phi) is 5.79. The van der Waals surface area contributed by atoms with Crippen molar-refractivity contribution >= 4 is 34.8 Å². The minimum atomic E-state index is -0.520. The number of amides is 2. The van der Waals surface area contributed by atoms with Crippen LogP contribution in [-0.2, 0) is 9.59 Å². The van der Waals surface area contributed by atoms with Crippen molar-refractivity contribution in [2.45, 2.75) is 20.8 Å². The van der Waals surface area contributed by atoms with E-state index in [9.17, 15) is 9.59 Å². The smallest absolute Gasteiger partial charge is 0.265 e. The van der Waals surface area contributed by atoms with Crippen LogP contribution in [0, 0.1) is 5.41 Å². The molecule has 0 aromatic heterocycles. The molecule has 2 aromatic carbocycles. The van der Waals surface area contributed by atoms with Gasteiger partial charge in [0.25, 0.3) is 5.91 Å². The first kappa shape index (κ1) is 20.0. The second-order valence-electron chi connectivity index (χ2n) is 7.52. The van der Waals surface area contributed by atoms with Gasteiger partial charge >= 0.3 is 0 Å². The molecule has 0 spiro atoms. The van der Waals surface area contributed by atoms with E-state index >= 15 is 0 Å². The Morgan fingerprint density at radius 2 is 1.93 bits per heavy atom. The minimum absolute atomic E-state index is 0.0261. The molecule has 1 aliphatic rings. The number of fused-ring (bicyclic) bond motifs is 1. The van der Waals surface area contributed by atoms with Crippen LogP contribution in [0.1, 0.15) is 20.8 Å². The number of carbonyl (C=O) groups excluding carboxylic acids is 2. The van der Waals surface area contributed by atoms with Gasteiger partial charge in [0.2, 0.25) is 5.91 Å². The van der Waals surface area contributed by atoms with E-state index in [4.69, 9.17) is 21.1 Å². The van der Waals surface area contributed by atoms with Crippen molar-refractivity contribution in [1.29, 1.82) is 0 Å². The highest BCUT2D eigenvalue weighted by atomic mass is 35.5. The van der Waals surface area contributed by atoms with Crippen LogP contribution in [0.4, 0.5) is 11.4 Å². The topological polar surface area (TPSA) is 67.9 Å². The summed E-state index contributed by atoms with van der Waals surface area (Å²) >= 11 is 5.87. The molecule has 1 N–H and O–H groups in total. The lowest BCUT2D eigenvalue weighted by molar-refractivity contribution is -0.123. The van der Waals surface area contributed by atoms with Gasteiger partial charge in [-0.1, -0.05) is 32.4 Å². The SMILES string of the molecule is CC(C)(C)C(=O)Nc1ccc2c(c1)N(CCOc1ccc(Cl)cc1)C(=O)CO2. The van der Waals surface area contributed by atoms with Crippen molar-refractivity contribution in [1.82, 2.24) is 0 Å². The third-order valence-electron chi connectivity index (χ3n) is 4.24. The molecule has 0 fully saturated rings. The van der Waals surface area contributed by atoms with Crippen LogP contribution >= 0.6 is 11.6 Å². The quantitative estimate of drug-likeness (QED) is 0.816. The van der Waals surface area contributed by atoms with E-state index in [1.54, 1.807) is 47.4 Å². The van der Waals surface area contributed by atoms with Crippen LogP contribution in [0.25, 0.3) is 0 Å². The summed E-state index contributed by atoms with van der Waals surface area (Å²) < 4.78 is 11.2. The van der Waals surface area contributed by atoms with E-state index in [0.717, 1.165) is 0 Å². The van der Waals surface area contributed by atoms with Gasteiger partial charge < -0.3 is 19.7 Å². The van der Waals surface area contributed by atoms with Gasteiger partial charge in [0, 0.05) is 16.1 Å². The zero-order valence-corrected chi connectivity index (χ0v) is 16.9. The number of ether oxygens (including phenoxy) is 2. The lowest BCUT2D eigenvalue weighted by Gasteiger charge is -2.30. The van der Waals surface area contributed by atoms with Crippen molar-refractivity contribution in [2.75, 3.05) is 30.0 Å². The highest BCUT2D eigenvalue weighted by Crippen LogP contribution is 2.35. The fourth-order valence-electron chi connectivity index (χ4n) is 2.63. The molecular weight excluding hydrogens is 380 g/mol. The number of hydrogen-bond acceptors (Lipinski definition) is 4. The molecule has 3 rings (SSSR count). The first-order valence-electron chi connectivity index (χ1n) is 9.01. The Hall–Kier alpha value is -2.73. The summed E-state index contributed by atoms with van der Waals surface area (Å²) in [6, 6.07) is 12.3. The first-order chi connectivity index (χ1) is 13.2. The molecule has 6 nitrogen and oxygen atoms in total. The van der Waals surface area contributed by atoms with Crippen LogP contribution in [0.5, 0.6) is 11.5 Å². The first-order valence-corrected chi connectivity index (χ1v) is 9.39. The number of nitrogens with one attached hydrogen (secondary N) is 1. The second kappa shape index (κ2) is 8.10. The van der Waals surface area contributed by atoms with E-state index in [-0.39, 0.29) is 18.4 Å². The molecule has 0 radical (unpaired) electrons. The van der Waals surface area contributed by atoms with Crippen molar-refractivity contribution in [3.05, 3.63) is 47.5 Å². The average Bonchev–Trinajstić information content (AvgIpc) is 2.64. The zero-order chi connectivity index (χ0) is 20.3. The summed E-state index contributed by atoms with van der Waals surface area (Å²) in [6.45, 7) is 6.16. The fraction of sp³-hybridized carbons (Fsp3) is 0.333. The number of nitrogens with zero attached hydrogens (tertiary/aromatic N) is 1. The lowest BCUT2D eigenvalue weighted by atomic mass is 9.95. The summed E-state index contributed by atoms with van der Waals surface area (Å²) in [6.07, 6.45) is 0. The fourth-order valence-corrected chi connectivity index (χ4v) is 2.76. The number of carbonyl (C=O) groups is 2. The van der Waals surface area contributed by atoms with Gasteiger partial charge in [0.15, 0.2) is 6.61 Å². The van der Waals surface area contributed by atoms with Crippen molar-refractivity contribution < 1.29 is 19.1 Å². The maximum Gasteiger partial charge on any atom is 0.265 e. The standard InChI is InChI=1S/C21H23ClN2O4/c1-21(2,3)20(26)23-15-6-9-18-17(12-15)24(19(25)13-28-18)10-11-27-16-7-4-14(22)5-8-16/h4-9,12H,10-11,13H2,1-3H3,(H,23,26). The van der Waals surface area contributed by atoms with Crippen LogP contribution < -0.4 is 19.7 Å². The number of rotatable bonds is 5. The largest absolute Gasteiger partial charge is 0.492 e. The molecule has 0 bridgehead atoms. The van der Waals surface area contributed by atoms with Gasteiger partial charge in [-0.25, -0.2) is 0 Å². The van der Waals surface area contributed by atoms with Gasteiger partial charge in [0.1, 0.15) is 18.1 Å². The Balaban J connectivity index is 1.72. The molecule has 2 aromatic rings. The summed E-state index contributed by atoms with van der Waals surface area (Å²) in [5.41, 5.74) is 0.706. The van der Waals surface area contributed by atoms with E-state index in [1.807, 2.05) is 20.8 Å². The van der Waals surface area contributed by atoms with E-state index < -0.39 is 5.41 Å². The molecule has 7 heteroatoms. The van der Waals surface area contributed by atoms with Crippen LogP contribution in [0.15, 0.2) is 42.5 Å². The molecule has 0 saturated carbocycles. The Morgan fingerprint density at radius 1 is 1.21 bits per heavy atom. The van der Waals surface area contributed by atoms with Gasteiger partial charge in [-0.15, -0.1) is 0 Å². The summed E-state index contributed by atoms with van der Waals surface area (Å²) in [5.74, 6) is 1.01. The Labute approximate surface area is 169 Å². The summed E-state index contributed by atoms with van der Waals surface area (Å²) in [4.78, 5) is 26.2. The lowest BCUT2D eigenvalue weighted by Crippen LogP contribution is -2.41. The molecule has 2 amide bonds. The molecule has 0 atom stereocenters. The molecule has 148 valence electrons. The van der Waals surface area contributed by atoms with Gasteiger partial charge in [-0.3, -0.25) is 9.59 Å². The maximum atomic E-state index is 12.4. The third kappa shape index (κ3) is 4.75. The van der Waals surface area contributed by atoms with E-state index in [1.165, 1.54) is 0 Å². The molecular formula is C21H23ClN2O4. The molecule has 28 heavy (non-hydrogen) atoms. The Morgan fingerprint density at radius 3 is 2.61 bits per heavy atom.